The number of thiazole rings is 1. The number of nitrogens with zero attached hydrogens (tertiary/aromatic N) is 1. The Hall–Kier alpha value is -1.45. The molecule has 2 aliphatic rings. The van der Waals surface area contributed by atoms with E-state index in [2.05, 4.69) is 32.6 Å². The molecule has 0 spiro atoms. The van der Waals surface area contributed by atoms with Crippen LogP contribution in [0.1, 0.15) is 31.7 Å². The van der Waals surface area contributed by atoms with E-state index in [0.717, 1.165) is 33.6 Å². The van der Waals surface area contributed by atoms with E-state index in [1.165, 1.54) is 5.57 Å². The van der Waals surface area contributed by atoms with E-state index in [9.17, 15) is 5.11 Å². The standard InChI is InChI=1S/C18H19NOS/c1-11-10-13-12(2)17(11,3)8-9-18(13,20)16-19-14-6-4-5-7-15(14)21-16/h4-7,10,13,20H,2,8-9H2,1,3H3/t13-,17+,18-/m1/s1. The van der Waals surface area contributed by atoms with E-state index < -0.39 is 5.60 Å². The van der Waals surface area contributed by atoms with Gasteiger partial charge >= 0.3 is 0 Å². The first-order valence-electron chi connectivity index (χ1n) is 7.42. The highest BCUT2D eigenvalue weighted by Gasteiger charge is 2.54. The van der Waals surface area contributed by atoms with Crippen LogP contribution in [-0.4, -0.2) is 10.1 Å². The molecule has 1 saturated carbocycles. The fourth-order valence-corrected chi connectivity index (χ4v) is 4.93. The number of hydrogen-bond donors (Lipinski definition) is 1. The molecular formula is C18H19NOS. The van der Waals surface area contributed by atoms with Crippen molar-refractivity contribution in [2.45, 2.75) is 32.3 Å². The number of hydrogen-bond acceptors (Lipinski definition) is 3. The van der Waals surface area contributed by atoms with Crippen LogP contribution in [-0.2, 0) is 5.60 Å². The Morgan fingerprint density at radius 3 is 2.86 bits per heavy atom. The van der Waals surface area contributed by atoms with Crippen LogP contribution in [0.2, 0.25) is 0 Å². The Kier molecular flexibility index (Phi) is 2.55. The Bertz CT molecular complexity index is 756. The lowest BCUT2D eigenvalue weighted by atomic mass is 9.65. The molecule has 2 aliphatic carbocycles. The van der Waals surface area contributed by atoms with Gasteiger partial charge in [-0.2, -0.15) is 0 Å². The van der Waals surface area contributed by atoms with Crippen LogP contribution in [0.4, 0.5) is 0 Å². The third kappa shape index (κ3) is 1.59. The maximum Gasteiger partial charge on any atom is 0.127 e. The number of benzene rings is 1. The molecule has 108 valence electrons. The molecule has 0 radical (unpaired) electrons. The van der Waals surface area contributed by atoms with Crippen LogP contribution < -0.4 is 0 Å². The molecule has 1 fully saturated rings. The summed E-state index contributed by atoms with van der Waals surface area (Å²) >= 11 is 1.61. The predicted octanol–water partition coefficient (Wildman–Crippen LogP) is 4.42. The summed E-state index contributed by atoms with van der Waals surface area (Å²) in [5, 5.41) is 12.2. The van der Waals surface area contributed by atoms with Crippen molar-refractivity contribution in [2.75, 3.05) is 0 Å². The number of aromatic nitrogens is 1. The van der Waals surface area contributed by atoms with Gasteiger partial charge in [0, 0.05) is 11.3 Å². The van der Waals surface area contributed by atoms with Crippen molar-refractivity contribution in [1.29, 1.82) is 0 Å². The highest BCUT2D eigenvalue weighted by Crippen LogP contribution is 2.60. The van der Waals surface area contributed by atoms with E-state index in [0.29, 0.717) is 0 Å². The van der Waals surface area contributed by atoms with Gasteiger partial charge in [-0.25, -0.2) is 4.98 Å². The van der Waals surface area contributed by atoms with Crippen LogP contribution in [0, 0.1) is 11.3 Å². The van der Waals surface area contributed by atoms with Gasteiger partial charge in [0.05, 0.1) is 10.2 Å². The van der Waals surface area contributed by atoms with Crippen molar-refractivity contribution in [2.24, 2.45) is 11.3 Å². The summed E-state index contributed by atoms with van der Waals surface area (Å²) in [6, 6.07) is 8.09. The number of fused-ring (bicyclic) bond motifs is 3. The third-order valence-corrected chi connectivity index (χ3v) is 6.76. The summed E-state index contributed by atoms with van der Waals surface area (Å²) in [5.74, 6) is -0.00295. The Morgan fingerprint density at radius 1 is 1.33 bits per heavy atom. The Labute approximate surface area is 128 Å². The van der Waals surface area contributed by atoms with Gasteiger partial charge < -0.3 is 5.11 Å². The van der Waals surface area contributed by atoms with E-state index >= 15 is 0 Å². The topological polar surface area (TPSA) is 33.1 Å². The molecule has 2 aromatic rings. The normalized spacial score (nSPS) is 35.3. The molecule has 2 bridgehead atoms. The highest BCUT2D eigenvalue weighted by atomic mass is 32.1. The molecule has 4 rings (SSSR count). The smallest absolute Gasteiger partial charge is 0.127 e. The maximum absolute atomic E-state index is 11.4. The second kappa shape index (κ2) is 4.05. The van der Waals surface area contributed by atoms with E-state index in [-0.39, 0.29) is 11.3 Å². The fraction of sp³-hybridized carbons (Fsp3) is 0.389. The van der Waals surface area contributed by atoms with Crippen molar-refractivity contribution < 1.29 is 5.11 Å². The molecule has 3 atom stereocenters. The zero-order valence-corrected chi connectivity index (χ0v) is 13.2. The number of para-hydroxylation sites is 1. The lowest BCUT2D eigenvalue weighted by Crippen LogP contribution is -2.41. The van der Waals surface area contributed by atoms with Crippen LogP contribution in [0.5, 0.6) is 0 Å². The molecule has 3 heteroatoms. The molecule has 1 N–H and O–H groups in total. The average Bonchev–Trinajstić information content (AvgIpc) is 2.97. The second-order valence-corrected chi connectivity index (χ2v) is 7.63. The van der Waals surface area contributed by atoms with Crippen molar-refractivity contribution in [3.8, 4) is 0 Å². The van der Waals surface area contributed by atoms with Gasteiger partial charge in [0.2, 0.25) is 0 Å². The first-order valence-corrected chi connectivity index (χ1v) is 8.23. The molecule has 0 saturated heterocycles. The van der Waals surface area contributed by atoms with Gasteiger partial charge in [-0.3, -0.25) is 0 Å². The van der Waals surface area contributed by atoms with Crippen LogP contribution in [0.25, 0.3) is 10.2 Å². The van der Waals surface area contributed by atoms with E-state index in [1.54, 1.807) is 11.3 Å². The van der Waals surface area contributed by atoms with Gasteiger partial charge in [0.15, 0.2) is 0 Å². The number of rotatable bonds is 1. The molecule has 21 heavy (non-hydrogen) atoms. The zero-order chi connectivity index (χ0) is 14.8. The largest absolute Gasteiger partial charge is 0.382 e. The average molecular weight is 297 g/mol. The summed E-state index contributed by atoms with van der Waals surface area (Å²) < 4.78 is 1.14. The second-order valence-electron chi connectivity index (χ2n) is 6.60. The monoisotopic (exact) mass is 297 g/mol. The van der Waals surface area contributed by atoms with Crippen LogP contribution in [0.15, 0.2) is 48.1 Å². The summed E-state index contributed by atoms with van der Waals surface area (Å²) in [7, 11) is 0. The van der Waals surface area contributed by atoms with E-state index in [4.69, 9.17) is 4.98 Å². The molecule has 0 unspecified atom stereocenters. The summed E-state index contributed by atoms with van der Waals surface area (Å²) in [6.07, 6.45) is 3.90. The van der Waals surface area contributed by atoms with Crippen molar-refractivity contribution in [3.63, 3.8) is 0 Å². The van der Waals surface area contributed by atoms with Gasteiger partial charge in [-0.15, -0.1) is 11.3 Å². The minimum atomic E-state index is -0.891. The zero-order valence-electron chi connectivity index (χ0n) is 12.4. The molecule has 1 heterocycles. The van der Waals surface area contributed by atoms with Crippen LogP contribution >= 0.6 is 11.3 Å². The minimum absolute atomic E-state index is 0.00295. The molecule has 0 amide bonds. The first-order chi connectivity index (χ1) is 9.95. The minimum Gasteiger partial charge on any atom is -0.382 e. The number of aliphatic hydroxyl groups is 1. The van der Waals surface area contributed by atoms with Crippen molar-refractivity contribution in [1.82, 2.24) is 4.98 Å². The molecule has 1 aromatic carbocycles. The first kappa shape index (κ1) is 13.2. The van der Waals surface area contributed by atoms with Crippen LogP contribution in [0.3, 0.4) is 0 Å². The van der Waals surface area contributed by atoms with Gasteiger partial charge in [0.25, 0.3) is 0 Å². The number of allylic oxidation sites excluding steroid dienone is 1. The summed E-state index contributed by atoms with van der Waals surface area (Å²) in [4.78, 5) is 4.71. The summed E-state index contributed by atoms with van der Waals surface area (Å²) in [5.41, 5.74) is 2.64. The SMILES string of the molecule is C=C1[C@H]2C=C(C)[C@]1(C)CC[C@]2(O)c1nc2ccccc2s1. The highest BCUT2D eigenvalue weighted by molar-refractivity contribution is 7.18. The lowest BCUT2D eigenvalue weighted by Gasteiger charge is -2.43. The molecule has 2 nitrogen and oxygen atoms in total. The summed E-state index contributed by atoms with van der Waals surface area (Å²) in [6.45, 7) is 8.71. The molecule has 0 aliphatic heterocycles. The maximum atomic E-state index is 11.4. The Balaban J connectivity index is 1.86. The Morgan fingerprint density at radius 2 is 2.10 bits per heavy atom. The van der Waals surface area contributed by atoms with Crippen molar-refractivity contribution in [3.05, 3.63) is 53.1 Å². The predicted molar refractivity (Wildman–Crippen MR) is 87.2 cm³/mol. The molecular weight excluding hydrogens is 278 g/mol. The van der Waals surface area contributed by atoms with Gasteiger partial charge in [0.1, 0.15) is 10.6 Å². The lowest BCUT2D eigenvalue weighted by molar-refractivity contribution is -0.0249. The quantitative estimate of drug-likeness (QED) is 0.791. The molecule has 1 aromatic heterocycles. The fourth-order valence-electron chi connectivity index (χ4n) is 3.81. The van der Waals surface area contributed by atoms with Crippen molar-refractivity contribution >= 4 is 21.6 Å². The van der Waals surface area contributed by atoms with Gasteiger partial charge in [-0.1, -0.05) is 42.9 Å². The van der Waals surface area contributed by atoms with E-state index in [1.807, 2.05) is 18.2 Å². The third-order valence-electron chi connectivity index (χ3n) is 5.56. The van der Waals surface area contributed by atoms with Gasteiger partial charge in [-0.05, 0) is 31.9 Å².